The maximum absolute atomic E-state index is 5.57. The number of rotatable bonds is 4. The van der Waals surface area contributed by atoms with E-state index in [9.17, 15) is 0 Å². The molecule has 4 aliphatic rings. The van der Waals surface area contributed by atoms with E-state index in [-0.39, 0.29) is 0 Å². The summed E-state index contributed by atoms with van der Waals surface area (Å²) in [4.78, 5) is 0. The third-order valence-corrected chi connectivity index (χ3v) is 6.22. The van der Waals surface area contributed by atoms with Crippen LogP contribution in [-0.4, -0.2) is 18.6 Å². The van der Waals surface area contributed by atoms with E-state index in [4.69, 9.17) is 5.73 Å². The van der Waals surface area contributed by atoms with Crippen LogP contribution >= 0.6 is 0 Å². The first-order valence-electron chi connectivity index (χ1n) is 6.74. The molecule has 4 fully saturated rings. The predicted octanol–water partition coefficient (Wildman–Crippen LogP) is 1.50. The molecule has 2 bridgehead atoms. The molecule has 2 atom stereocenters. The lowest BCUT2D eigenvalue weighted by atomic mass is 9.38. The molecule has 0 aliphatic heterocycles. The third-order valence-electron chi connectivity index (χ3n) is 6.22. The van der Waals surface area contributed by atoms with E-state index in [1.807, 2.05) is 0 Å². The van der Waals surface area contributed by atoms with E-state index in [0.29, 0.717) is 5.54 Å². The number of nitrogens with one attached hydrogen (secondary N) is 1. The van der Waals surface area contributed by atoms with Gasteiger partial charge in [-0.15, -0.1) is 0 Å². The SMILES string of the molecule is NCCCNC12CC3CC4CC(C1)C43C2. The lowest BCUT2D eigenvalue weighted by molar-refractivity contribution is -0.175. The molecule has 0 amide bonds. The fourth-order valence-corrected chi connectivity index (χ4v) is 5.74. The first kappa shape index (κ1) is 9.00. The van der Waals surface area contributed by atoms with Gasteiger partial charge in [0.15, 0.2) is 0 Å². The lowest BCUT2D eigenvalue weighted by Gasteiger charge is -2.66. The van der Waals surface area contributed by atoms with Crippen LogP contribution in [0.25, 0.3) is 0 Å². The zero-order valence-corrected chi connectivity index (χ0v) is 9.47. The van der Waals surface area contributed by atoms with Crippen LogP contribution in [0.3, 0.4) is 0 Å². The summed E-state index contributed by atoms with van der Waals surface area (Å²) in [6, 6.07) is 0. The molecule has 0 radical (unpaired) electrons. The van der Waals surface area contributed by atoms with Crippen LogP contribution in [-0.2, 0) is 0 Å². The molecular formula is C13H22N2. The minimum Gasteiger partial charge on any atom is -0.330 e. The zero-order chi connectivity index (χ0) is 10.1. The average Bonchev–Trinajstić information content (AvgIpc) is 2.64. The van der Waals surface area contributed by atoms with Crippen molar-refractivity contribution in [3.63, 3.8) is 0 Å². The maximum Gasteiger partial charge on any atom is 0.0192 e. The van der Waals surface area contributed by atoms with Gasteiger partial charge in [-0.1, -0.05) is 0 Å². The van der Waals surface area contributed by atoms with Gasteiger partial charge in [0.05, 0.1) is 0 Å². The molecule has 0 aromatic rings. The number of hydrogen-bond acceptors (Lipinski definition) is 2. The summed E-state index contributed by atoms with van der Waals surface area (Å²) in [6.45, 7) is 1.99. The number of nitrogens with two attached hydrogens (primary N) is 1. The van der Waals surface area contributed by atoms with Crippen LogP contribution in [0.5, 0.6) is 0 Å². The van der Waals surface area contributed by atoms with Gasteiger partial charge in [0.2, 0.25) is 0 Å². The van der Waals surface area contributed by atoms with Crippen LogP contribution in [0.2, 0.25) is 0 Å². The molecule has 2 unspecified atom stereocenters. The fraction of sp³-hybridized carbons (Fsp3) is 1.00. The van der Waals surface area contributed by atoms with Gasteiger partial charge in [0, 0.05) is 5.54 Å². The van der Waals surface area contributed by atoms with Gasteiger partial charge in [-0.05, 0) is 74.8 Å². The number of fused-ring (bicyclic) bond motifs is 1. The number of hydrogen-bond donors (Lipinski definition) is 2. The quantitative estimate of drug-likeness (QED) is 0.684. The average molecular weight is 206 g/mol. The molecule has 0 aromatic carbocycles. The minimum atomic E-state index is 0.565. The maximum atomic E-state index is 5.57. The molecule has 3 N–H and O–H groups in total. The summed E-state index contributed by atoms with van der Waals surface area (Å²) in [5, 5.41) is 3.86. The van der Waals surface area contributed by atoms with E-state index < -0.39 is 0 Å². The van der Waals surface area contributed by atoms with Gasteiger partial charge in [-0.3, -0.25) is 0 Å². The van der Waals surface area contributed by atoms with Crippen LogP contribution in [0.15, 0.2) is 0 Å². The Labute approximate surface area is 92.0 Å². The Morgan fingerprint density at radius 2 is 1.87 bits per heavy atom. The van der Waals surface area contributed by atoms with Crippen molar-refractivity contribution < 1.29 is 0 Å². The fourth-order valence-electron chi connectivity index (χ4n) is 5.74. The second-order valence-corrected chi connectivity index (χ2v) is 6.61. The highest BCUT2D eigenvalue weighted by Gasteiger charge is 2.77. The Hall–Kier alpha value is -0.0800. The van der Waals surface area contributed by atoms with Gasteiger partial charge < -0.3 is 11.1 Å². The highest BCUT2D eigenvalue weighted by atomic mass is 15.0. The Kier molecular flexibility index (Phi) is 1.56. The van der Waals surface area contributed by atoms with E-state index >= 15 is 0 Å². The van der Waals surface area contributed by atoms with Crippen molar-refractivity contribution in [1.29, 1.82) is 0 Å². The Balaban J connectivity index is 1.50. The normalized spacial score (nSPS) is 58.6. The highest BCUT2D eigenvalue weighted by Crippen LogP contribution is 2.82. The largest absolute Gasteiger partial charge is 0.330 e. The minimum absolute atomic E-state index is 0.565. The van der Waals surface area contributed by atoms with Gasteiger partial charge in [-0.25, -0.2) is 0 Å². The van der Waals surface area contributed by atoms with Crippen molar-refractivity contribution >= 4 is 0 Å². The standard InChI is InChI=1S/C13H22N2/c14-2-1-3-15-12-6-10-4-9-5-11(7-12)13(9,10)8-12/h9-11,15H,1-8,14H2. The van der Waals surface area contributed by atoms with Crippen LogP contribution < -0.4 is 11.1 Å². The monoisotopic (exact) mass is 206 g/mol. The van der Waals surface area contributed by atoms with Crippen molar-refractivity contribution in [3.8, 4) is 0 Å². The Bertz CT molecular complexity index is 283. The second kappa shape index (κ2) is 2.60. The van der Waals surface area contributed by atoms with Crippen molar-refractivity contribution in [2.45, 2.75) is 44.1 Å². The molecular weight excluding hydrogens is 184 g/mol. The van der Waals surface area contributed by atoms with E-state index in [0.717, 1.165) is 42.7 Å². The first-order valence-corrected chi connectivity index (χ1v) is 6.74. The molecule has 4 rings (SSSR count). The molecule has 4 aliphatic carbocycles. The highest BCUT2D eigenvalue weighted by molar-refractivity contribution is 5.28. The predicted molar refractivity (Wildman–Crippen MR) is 60.4 cm³/mol. The summed E-state index contributed by atoms with van der Waals surface area (Å²) >= 11 is 0. The summed E-state index contributed by atoms with van der Waals surface area (Å²) < 4.78 is 0. The van der Waals surface area contributed by atoms with Gasteiger partial charge >= 0.3 is 0 Å². The first-order chi connectivity index (χ1) is 7.29. The molecule has 2 nitrogen and oxygen atoms in total. The van der Waals surface area contributed by atoms with Crippen molar-refractivity contribution in [2.75, 3.05) is 13.1 Å². The molecule has 0 saturated heterocycles. The van der Waals surface area contributed by atoms with Crippen LogP contribution in [0, 0.1) is 23.2 Å². The van der Waals surface area contributed by atoms with Crippen molar-refractivity contribution in [3.05, 3.63) is 0 Å². The Morgan fingerprint density at radius 3 is 2.40 bits per heavy atom. The van der Waals surface area contributed by atoms with Gasteiger partial charge in [0.1, 0.15) is 0 Å². The smallest absolute Gasteiger partial charge is 0.0192 e. The van der Waals surface area contributed by atoms with Gasteiger partial charge in [0.25, 0.3) is 0 Å². The topological polar surface area (TPSA) is 38.0 Å². The van der Waals surface area contributed by atoms with E-state index in [1.165, 1.54) is 19.3 Å². The summed E-state index contributed by atoms with van der Waals surface area (Å²) in [5.74, 6) is 3.37. The summed E-state index contributed by atoms with van der Waals surface area (Å²) in [6.07, 6.45) is 8.78. The van der Waals surface area contributed by atoms with Crippen molar-refractivity contribution in [1.82, 2.24) is 5.32 Å². The lowest BCUT2D eigenvalue weighted by Crippen LogP contribution is -2.60. The molecule has 0 aromatic heterocycles. The summed E-state index contributed by atoms with van der Waals surface area (Å²) in [7, 11) is 0. The van der Waals surface area contributed by atoms with E-state index in [1.54, 1.807) is 12.8 Å². The van der Waals surface area contributed by atoms with Crippen LogP contribution in [0.1, 0.15) is 38.5 Å². The zero-order valence-electron chi connectivity index (χ0n) is 9.47. The van der Waals surface area contributed by atoms with E-state index in [2.05, 4.69) is 5.32 Å². The summed E-state index contributed by atoms with van der Waals surface area (Å²) in [5.41, 5.74) is 7.01. The Morgan fingerprint density at radius 1 is 1.13 bits per heavy atom. The molecule has 84 valence electrons. The van der Waals surface area contributed by atoms with Crippen molar-refractivity contribution in [2.24, 2.45) is 28.9 Å². The van der Waals surface area contributed by atoms with Gasteiger partial charge in [-0.2, -0.15) is 0 Å². The molecule has 15 heavy (non-hydrogen) atoms. The second-order valence-electron chi connectivity index (χ2n) is 6.61. The van der Waals surface area contributed by atoms with Crippen LogP contribution in [0.4, 0.5) is 0 Å². The third kappa shape index (κ3) is 0.861. The molecule has 1 spiro atoms. The molecule has 0 heterocycles. The molecule has 2 heteroatoms. The molecule has 4 saturated carbocycles.